The maximum Gasteiger partial charge on any atom is 0.227 e. The Morgan fingerprint density at radius 2 is 2.09 bits per heavy atom. The van der Waals surface area contributed by atoms with Crippen molar-refractivity contribution < 1.29 is 18.7 Å². The van der Waals surface area contributed by atoms with Crippen molar-refractivity contribution in [2.24, 2.45) is 0 Å². The normalized spacial score (nSPS) is 16.6. The predicted molar refractivity (Wildman–Crippen MR) is 80.8 cm³/mol. The van der Waals surface area contributed by atoms with E-state index in [2.05, 4.69) is 5.32 Å². The fourth-order valence-electron chi connectivity index (χ4n) is 2.92. The van der Waals surface area contributed by atoms with Crippen LogP contribution < -0.4 is 5.32 Å². The Kier molecular flexibility index (Phi) is 3.98. The lowest BCUT2D eigenvalue weighted by Crippen LogP contribution is -2.30. The summed E-state index contributed by atoms with van der Waals surface area (Å²) in [6.45, 7) is 0. The summed E-state index contributed by atoms with van der Waals surface area (Å²) in [6, 6.07) is 7.92. The van der Waals surface area contributed by atoms with E-state index in [1.54, 1.807) is 18.2 Å². The second kappa shape index (κ2) is 5.93. The number of amides is 1. The van der Waals surface area contributed by atoms with Crippen molar-refractivity contribution in [2.45, 2.75) is 37.7 Å². The van der Waals surface area contributed by atoms with Crippen LogP contribution in [0.25, 0.3) is 11.3 Å². The summed E-state index contributed by atoms with van der Waals surface area (Å²) < 4.78 is 19.1. The fourth-order valence-corrected chi connectivity index (χ4v) is 2.92. The van der Waals surface area contributed by atoms with Crippen molar-refractivity contribution in [1.82, 2.24) is 0 Å². The summed E-state index contributed by atoms with van der Waals surface area (Å²) >= 11 is 0. The highest BCUT2D eigenvalue weighted by molar-refractivity contribution is 5.92. The maximum atomic E-state index is 13.9. The molecule has 0 radical (unpaired) electrons. The maximum absolute atomic E-state index is 13.9. The van der Waals surface area contributed by atoms with Gasteiger partial charge in [0.25, 0.3) is 0 Å². The highest BCUT2D eigenvalue weighted by Gasteiger charge is 2.33. The Morgan fingerprint density at radius 3 is 2.77 bits per heavy atom. The third-order valence-corrected chi connectivity index (χ3v) is 4.07. The molecule has 22 heavy (non-hydrogen) atoms. The first-order valence-electron chi connectivity index (χ1n) is 7.41. The lowest BCUT2D eigenvalue weighted by atomic mass is 9.97. The molecule has 0 aliphatic heterocycles. The van der Waals surface area contributed by atoms with Crippen LogP contribution in [-0.4, -0.2) is 16.6 Å². The third-order valence-electron chi connectivity index (χ3n) is 4.07. The van der Waals surface area contributed by atoms with Gasteiger partial charge in [0.2, 0.25) is 5.91 Å². The van der Waals surface area contributed by atoms with Crippen LogP contribution in [0.3, 0.4) is 0 Å². The number of hydrogen-bond acceptors (Lipinski definition) is 3. The van der Waals surface area contributed by atoms with Crippen molar-refractivity contribution in [3.8, 4) is 11.3 Å². The lowest BCUT2D eigenvalue weighted by Gasteiger charge is -2.21. The molecule has 0 saturated heterocycles. The lowest BCUT2D eigenvalue weighted by molar-refractivity contribution is -0.120. The molecule has 116 valence electrons. The first kappa shape index (κ1) is 14.8. The Bertz CT molecular complexity index is 661. The number of hydrogen-bond donors (Lipinski definition) is 2. The van der Waals surface area contributed by atoms with Gasteiger partial charge in [-0.3, -0.25) is 4.79 Å². The zero-order valence-corrected chi connectivity index (χ0v) is 12.1. The standard InChI is InChI=1S/C17H18FNO3/c18-13-6-5-12(15-4-3-9-22-15)10-14(13)19-16(20)11-17(21)7-1-2-8-17/h3-6,9-10,21H,1-2,7-8,11H2,(H,19,20). The average Bonchev–Trinajstić information content (AvgIpc) is 3.13. The number of furan rings is 1. The molecule has 0 unspecified atom stereocenters. The zero-order valence-electron chi connectivity index (χ0n) is 12.1. The van der Waals surface area contributed by atoms with E-state index in [9.17, 15) is 14.3 Å². The van der Waals surface area contributed by atoms with Crippen LogP contribution in [-0.2, 0) is 4.79 Å². The summed E-state index contributed by atoms with van der Waals surface area (Å²) in [5, 5.41) is 12.8. The number of halogens is 1. The van der Waals surface area contributed by atoms with Crippen molar-refractivity contribution in [1.29, 1.82) is 0 Å². The molecule has 2 N–H and O–H groups in total. The third kappa shape index (κ3) is 3.20. The minimum atomic E-state index is -0.945. The second-order valence-electron chi connectivity index (χ2n) is 5.83. The average molecular weight is 303 g/mol. The number of carbonyl (C=O) groups excluding carboxylic acids is 1. The molecule has 0 spiro atoms. The molecule has 1 heterocycles. The van der Waals surface area contributed by atoms with Crippen LogP contribution in [0.5, 0.6) is 0 Å². The molecule has 0 bridgehead atoms. The van der Waals surface area contributed by atoms with Gasteiger partial charge in [-0.15, -0.1) is 0 Å². The van der Waals surface area contributed by atoms with E-state index in [1.165, 1.54) is 18.4 Å². The van der Waals surface area contributed by atoms with E-state index < -0.39 is 11.4 Å². The van der Waals surface area contributed by atoms with Crippen molar-refractivity contribution in [2.75, 3.05) is 5.32 Å². The summed E-state index contributed by atoms with van der Waals surface area (Å²) in [7, 11) is 0. The molecule has 1 aromatic heterocycles. The van der Waals surface area contributed by atoms with E-state index in [-0.39, 0.29) is 18.0 Å². The summed E-state index contributed by atoms with van der Waals surface area (Å²) in [6.07, 6.45) is 4.62. The summed E-state index contributed by atoms with van der Waals surface area (Å²) in [5.74, 6) is -0.285. The molecule has 1 aromatic carbocycles. The summed E-state index contributed by atoms with van der Waals surface area (Å²) in [4.78, 5) is 12.1. The van der Waals surface area contributed by atoms with Gasteiger partial charge in [-0.25, -0.2) is 4.39 Å². The van der Waals surface area contributed by atoms with E-state index in [4.69, 9.17) is 4.42 Å². The van der Waals surface area contributed by atoms with Gasteiger partial charge in [0, 0.05) is 5.56 Å². The smallest absolute Gasteiger partial charge is 0.227 e. The van der Waals surface area contributed by atoms with Crippen LogP contribution in [0.15, 0.2) is 41.0 Å². The van der Waals surface area contributed by atoms with Gasteiger partial charge in [0.05, 0.1) is 24.0 Å². The van der Waals surface area contributed by atoms with Gasteiger partial charge in [-0.2, -0.15) is 0 Å². The van der Waals surface area contributed by atoms with Gasteiger partial charge in [-0.1, -0.05) is 12.8 Å². The number of carbonyl (C=O) groups is 1. The van der Waals surface area contributed by atoms with E-state index >= 15 is 0 Å². The predicted octanol–water partition coefficient (Wildman–Crippen LogP) is 3.72. The molecule has 4 nitrogen and oxygen atoms in total. The highest BCUT2D eigenvalue weighted by Crippen LogP contribution is 2.33. The fraction of sp³-hybridized carbons (Fsp3) is 0.353. The first-order chi connectivity index (χ1) is 10.6. The van der Waals surface area contributed by atoms with Crippen LogP contribution in [0.1, 0.15) is 32.1 Å². The molecule has 5 heteroatoms. The molecule has 1 aliphatic carbocycles. The number of nitrogens with one attached hydrogen (secondary N) is 1. The Hall–Kier alpha value is -2.14. The van der Waals surface area contributed by atoms with E-state index in [0.29, 0.717) is 24.2 Å². The number of benzene rings is 1. The topological polar surface area (TPSA) is 62.5 Å². The minimum absolute atomic E-state index is 0.00256. The number of anilines is 1. The second-order valence-corrected chi connectivity index (χ2v) is 5.83. The van der Waals surface area contributed by atoms with Crippen LogP contribution in [0.2, 0.25) is 0 Å². The van der Waals surface area contributed by atoms with Crippen molar-refractivity contribution >= 4 is 11.6 Å². The van der Waals surface area contributed by atoms with E-state index in [0.717, 1.165) is 12.8 Å². The molecule has 1 aliphatic rings. The van der Waals surface area contributed by atoms with Crippen molar-refractivity contribution in [3.05, 3.63) is 42.4 Å². The van der Waals surface area contributed by atoms with Gasteiger partial charge in [0.15, 0.2) is 0 Å². The number of aliphatic hydroxyl groups is 1. The van der Waals surface area contributed by atoms with Crippen molar-refractivity contribution in [3.63, 3.8) is 0 Å². The van der Waals surface area contributed by atoms with E-state index in [1.807, 2.05) is 0 Å². The van der Waals surface area contributed by atoms with Crippen LogP contribution >= 0.6 is 0 Å². The highest BCUT2D eigenvalue weighted by atomic mass is 19.1. The zero-order chi connectivity index (χ0) is 15.6. The van der Waals surface area contributed by atoms with Gasteiger partial charge < -0.3 is 14.8 Å². The Balaban J connectivity index is 1.74. The van der Waals surface area contributed by atoms with Gasteiger partial charge in [-0.05, 0) is 43.2 Å². The van der Waals surface area contributed by atoms with Gasteiger partial charge >= 0.3 is 0 Å². The Labute approximate surface area is 128 Å². The SMILES string of the molecule is O=C(CC1(O)CCCC1)Nc1cc(-c2ccco2)ccc1F. The minimum Gasteiger partial charge on any atom is -0.464 e. The monoisotopic (exact) mass is 303 g/mol. The van der Waals surface area contributed by atoms with Gasteiger partial charge in [0.1, 0.15) is 11.6 Å². The quantitative estimate of drug-likeness (QED) is 0.905. The molecular weight excluding hydrogens is 285 g/mol. The largest absolute Gasteiger partial charge is 0.464 e. The molecular formula is C17H18FNO3. The Morgan fingerprint density at radius 1 is 1.32 bits per heavy atom. The summed E-state index contributed by atoms with van der Waals surface area (Å²) in [5.41, 5.74) is -0.166. The molecule has 1 amide bonds. The molecule has 0 atom stereocenters. The number of rotatable bonds is 4. The van der Waals surface area contributed by atoms with Crippen LogP contribution in [0.4, 0.5) is 10.1 Å². The molecule has 1 saturated carbocycles. The molecule has 2 aromatic rings. The first-order valence-corrected chi connectivity index (χ1v) is 7.41. The molecule has 3 rings (SSSR count). The molecule has 1 fully saturated rings. The van der Waals surface area contributed by atoms with Crippen LogP contribution in [0, 0.1) is 5.82 Å².